The van der Waals surface area contributed by atoms with E-state index in [1.807, 2.05) is 43.0 Å². The molecule has 0 radical (unpaired) electrons. The fourth-order valence-corrected chi connectivity index (χ4v) is 3.28. The van der Waals surface area contributed by atoms with Crippen LogP contribution in [0.2, 0.25) is 0 Å². The topological polar surface area (TPSA) is 68.5 Å². The summed E-state index contributed by atoms with van der Waals surface area (Å²) in [5, 5.41) is 21.7. The summed E-state index contributed by atoms with van der Waals surface area (Å²) in [7, 11) is 0. The molecule has 0 amide bonds. The van der Waals surface area contributed by atoms with Gasteiger partial charge in [-0.05, 0) is 38.1 Å². The predicted molar refractivity (Wildman–Crippen MR) is 84.7 cm³/mol. The molecule has 0 saturated heterocycles. The molecular weight excluding hydrogens is 286 g/mol. The van der Waals surface area contributed by atoms with Crippen LogP contribution in [0.4, 0.5) is 5.69 Å². The van der Waals surface area contributed by atoms with Gasteiger partial charge in [-0.15, -0.1) is 0 Å². The highest BCUT2D eigenvalue weighted by Gasteiger charge is 2.29. The van der Waals surface area contributed by atoms with Gasteiger partial charge in [0.05, 0.1) is 13.2 Å². The lowest BCUT2D eigenvalue weighted by Crippen LogP contribution is -2.35. The molecule has 5 nitrogen and oxygen atoms in total. The maximum absolute atomic E-state index is 9.18. The third kappa shape index (κ3) is 3.63. The van der Waals surface area contributed by atoms with E-state index in [1.54, 1.807) is 0 Å². The summed E-state index contributed by atoms with van der Waals surface area (Å²) in [5.74, 6) is 0.835. The lowest BCUT2D eigenvalue weighted by atomic mass is 10.3. The minimum absolute atomic E-state index is 0.0536. The zero-order valence-electron chi connectivity index (χ0n) is 12.2. The van der Waals surface area contributed by atoms with Crippen LogP contribution >= 0.6 is 11.8 Å². The Balaban J connectivity index is 2.07. The summed E-state index contributed by atoms with van der Waals surface area (Å²) in [5.41, 5.74) is 1.77. The summed E-state index contributed by atoms with van der Waals surface area (Å²) in [6, 6.07) is 9.92. The molecule has 1 aromatic rings. The number of thioether (sulfide) groups is 1. The van der Waals surface area contributed by atoms with E-state index in [-0.39, 0.29) is 12.1 Å². The van der Waals surface area contributed by atoms with Crippen LogP contribution in [0.1, 0.15) is 13.8 Å². The van der Waals surface area contributed by atoms with E-state index in [9.17, 15) is 5.11 Å². The quantitative estimate of drug-likeness (QED) is 0.842. The van der Waals surface area contributed by atoms with Crippen molar-refractivity contribution in [3.63, 3.8) is 0 Å². The van der Waals surface area contributed by atoms with Crippen LogP contribution < -0.4 is 10.1 Å². The van der Waals surface area contributed by atoms with E-state index in [4.69, 9.17) is 10.00 Å². The highest BCUT2D eigenvalue weighted by molar-refractivity contribution is 8.04. The monoisotopic (exact) mass is 305 g/mol. The molecule has 1 aliphatic rings. The molecule has 1 aliphatic heterocycles. The first-order valence-electron chi connectivity index (χ1n) is 6.84. The lowest BCUT2D eigenvalue weighted by molar-refractivity contribution is 0.227. The smallest absolute Gasteiger partial charge is 0.153 e. The molecule has 0 aromatic heterocycles. The number of aliphatic hydroxyl groups is 1. The number of aliphatic hydroxyl groups excluding tert-OH is 1. The molecule has 21 heavy (non-hydrogen) atoms. The van der Waals surface area contributed by atoms with Crippen molar-refractivity contribution in [1.29, 1.82) is 5.26 Å². The number of benzene rings is 1. The molecule has 0 bridgehead atoms. The maximum Gasteiger partial charge on any atom is 0.153 e. The van der Waals surface area contributed by atoms with Crippen molar-refractivity contribution in [2.75, 3.05) is 25.1 Å². The first kappa shape index (κ1) is 15.5. The molecule has 1 heterocycles. The predicted octanol–water partition coefficient (Wildman–Crippen LogP) is 2.58. The Bertz CT molecular complexity index is 551. The lowest BCUT2D eigenvalue weighted by Gasteiger charge is -2.28. The summed E-state index contributed by atoms with van der Waals surface area (Å²) >= 11 is 1.47. The van der Waals surface area contributed by atoms with Gasteiger partial charge in [0.2, 0.25) is 0 Å². The average molecular weight is 305 g/mol. The van der Waals surface area contributed by atoms with E-state index in [1.165, 1.54) is 11.8 Å². The minimum atomic E-state index is -0.0789. The average Bonchev–Trinajstić information content (AvgIpc) is 2.78. The van der Waals surface area contributed by atoms with Gasteiger partial charge in [0.15, 0.2) is 5.50 Å². The van der Waals surface area contributed by atoms with Crippen LogP contribution in [0.15, 0.2) is 34.9 Å². The fourth-order valence-electron chi connectivity index (χ4n) is 2.13. The Morgan fingerprint density at radius 1 is 1.43 bits per heavy atom. The standard InChI is InChI=1S/C15H19N3O2S/c1-3-20-13-6-4-12(5-7-13)17-15-18(8-9-19)11(2)14(10-16)21-15/h4-7,15,17,19H,3,8-9H2,1-2H3. The van der Waals surface area contributed by atoms with Crippen LogP contribution in [0, 0.1) is 11.3 Å². The molecule has 2 N–H and O–H groups in total. The highest BCUT2D eigenvalue weighted by Crippen LogP contribution is 2.37. The van der Waals surface area contributed by atoms with Gasteiger partial charge < -0.3 is 20.1 Å². The van der Waals surface area contributed by atoms with Crippen LogP contribution in [0.5, 0.6) is 5.75 Å². The van der Waals surface area contributed by atoms with Crippen molar-refractivity contribution in [3.05, 3.63) is 34.9 Å². The Kier molecular flexibility index (Phi) is 5.37. The zero-order valence-corrected chi connectivity index (χ0v) is 13.0. The molecule has 0 fully saturated rings. The van der Waals surface area contributed by atoms with Crippen molar-refractivity contribution in [3.8, 4) is 11.8 Å². The number of nitrogens with one attached hydrogen (secondary N) is 1. The second-order valence-electron chi connectivity index (χ2n) is 4.52. The first-order chi connectivity index (χ1) is 10.2. The summed E-state index contributed by atoms with van der Waals surface area (Å²) in [6.45, 7) is 5.05. The Labute approximate surface area is 129 Å². The van der Waals surface area contributed by atoms with Crippen molar-refractivity contribution >= 4 is 17.4 Å². The number of nitrogens with zero attached hydrogens (tertiary/aromatic N) is 2. The van der Waals surface area contributed by atoms with Gasteiger partial charge in [-0.25, -0.2) is 0 Å². The second kappa shape index (κ2) is 7.25. The van der Waals surface area contributed by atoms with Crippen molar-refractivity contribution in [2.45, 2.75) is 19.3 Å². The molecule has 0 aliphatic carbocycles. The first-order valence-corrected chi connectivity index (χ1v) is 7.72. The molecule has 0 spiro atoms. The zero-order chi connectivity index (χ0) is 15.2. The molecule has 1 atom stereocenters. The Morgan fingerprint density at radius 3 is 2.71 bits per heavy atom. The molecule has 112 valence electrons. The third-order valence-corrected chi connectivity index (χ3v) is 4.39. The van der Waals surface area contributed by atoms with E-state index >= 15 is 0 Å². The highest BCUT2D eigenvalue weighted by atomic mass is 32.2. The van der Waals surface area contributed by atoms with Gasteiger partial charge in [0.1, 0.15) is 16.7 Å². The number of ether oxygens (including phenoxy) is 1. The van der Waals surface area contributed by atoms with Crippen molar-refractivity contribution < 1.29 is 9.84 Å². The normalized spacial score (nSPS) is 17.8. The number of allylic oxidation sites excluding steroid dienone is 2. The van der Waals surface area contributed by atoms with Crippen LogP contribution in [-0.4, -0.2) is 35.3 Å². The van der Waals surface area contributed by atoms with Crippen LogP contribution in [-0.2, 0) is 0 Å². The fraction of sp³-hybridized carbons (Fsp3) is 0.400. The molecule has 1 unspecified atom stereocenters. The van der Waals surface area contributed by atoms with Crippen molar-refractivity contribution in [2.24, 2.45) is 0 Å². The second-order valence-corrected chi connectivity index (χ2v) is 5.61. The number of hydrogen-bond acceptors (Lipinski definition) is 6. The minimum Gasteiger partial charge on any atom is -0.494 e. The van der Waals surface area contributed by atoms with E-state index in [2.05, 4.69) is 11.4 Å². The Morgan fingerprint density at radius 2 is 2.14 bits per heavy atom. The molecule has 0 saturated carbocycles. The number of anilines is 1. The van der Waals surface area contributed by atoms with Crippen LogP contribution in [0.25, 0.3) is 0 Å². The number of hydrogen-bond donors (Lipinski definition) is 2. The summed E-state index contributed by atoms with van der Waals surface area (Å²) in [6.07, 6.45) is 0. The van der Waals surface area contributed by atoms with Gasteiger partial charge in [-0.2, -0.15) is 5.26 Å². The van der Waals surface area contributed by atoms with Crippen LogP contribution in [0.3, 0.4) is 0 Å². The van der Waals surface area contributed by atoms with Gasteiger partial charge in [-0.1, -0.05) is 11.8 Å². The number of β-amino-alcohol motifs (C(OH)–C–C–N with tert-alkyl or cyclic N) is 1. The Hall–Kier alpha value is -1.84. The van der Waals surface area contributed by atoms with E-state index < -0.39 is 0 Å². The largest absolute Gasteiger partial charge is 0.494 e. The summed E-state index contributed by atoms with van der Waals surface area (Å²) in [4.78, 5) is 2.69. The molecular formula is C15H19N3O2S. The molecule has 6 heteroatoms. The molecule has 2 rings (SSSR count). The number of rotatable bonds is 6. The summed E-state index contributed by atoms with van der Waals surface area (Å²) < 4.78 is 5.41. The molecule has 1 aromatic carbocycles. The van der Waals surface area contributed by atoms with Gasteiger partial charge in [0.25, 0.3) is 0 Å². The van der Waals surface area contributed by atoms with E-state index in [0.29, 0.717) is 18.1 Å². The van der Waals surface area contributed by atoms with Gasteiger partial charge >= 0.3 is 0 Å². The third-order valence-electron chi connectivity index (χ3n) is 3.17. The van der Waals surface area contributed by atoms with Gasteiger partial charge in [0, 0.05) is 17.9 Å². The number of nitriles is 1. The SMILES string of the molecule is CCOc1ccc(NC2SC(C#N)=C(C)N2CCO)cc1. The van der Waals surface area contributed by atoms with E-state index in [0.717, 1.165) is 17.1 Å². The van der Waals surface area contributed by atoms with Gasteiger partial charge in [-0.3, -0.25) is 0 Å². The maximum atomic E-state index is 9.18. The van der Waals surface area contributed by atoms with Crippen molar-refractivity contribution in [1.82, 2.24) is 4.90 Å².